The van der Waals surface area contributed by atoms with Crippen molar-refractivity contribution in [1.82, 2.24) is 19.4 Å². The zero-order valence-electron chi connectivity index (χ0n) is 16.0. The molecule has 8 heteroatoms. The zero-order valence-corrected chi connectivity index (χ0v) is 16.8. The van der Waals surface area contributed by atoms with E-state index in [-0.39, 0.29) is 12.0 Å². The number of anilines is 2. The van der Waals surface area contributed by atoms with E-state index >= 15 is 0 Å². The van der Waals surface area contributed by atoms with Crippen molar-refractivity contribution in [3.05, 3.63) is 42.1 Å². The monoisotopic (exact) mass is 397 g/mol. The Morgan fingerprint density at radius 1 is 1.54 bits per heavy atom. The maximum atomic E-state index is 11.8. The van der Waals surface area contributed by atoms with Gasteiger partial charge in [-0.25, -0.2) is 4.98 Å². The highest BCUT2D eigenvalue weighted by molar-refractivity contribution is 7.15. The number of hydrogen-bond acceptors (Lipinski definition) is 6. The van der Waals surface area contributed by atoms with Crippen LogP contribution >= 0.6 is 11.3 Å². The Balaban J connectivity index is 1.63. The second-order valence-electron chi connectivity index (χ2n) is 6.77. The minimum atomic E-state index is -0.0815. The molecule has 146 valence electrons. The topological polar surface area (TPSA) is 72.3 Å². The summed E-state index contributed by atoms with van der Waals surface area (Å²) < 4.78 is 8.40. The van der Waals surface area contributed by atoms with Crippen molar-refractivity contribution in [3.8, 4) is 5.88 Å². The van der Waals surface area contributed by atoms with Crippen LogP contribution in [0.4, 0.5) is 10.9 Å². The molecule has 1 saturated heterocycles. The number of carbonyl (C=O) groups excluding carboxylic acids is 1. The third kappa shape index (κ3) is 3.60. The van der Waals surface area contributed by atoms with Crippen LogP contribution in [0.15, 0.2) is 37.2 Å². The second kappa shape index (κ2) is 7.63. The molecule has 1 fully saturated rings. The van der Waals surface area contributed by atoms with Gasteiger partial charge >= 0.3 is 0 Å². The van der Waals surface area contributed by atoms with Gasteiger partial charge in [-0.3, -0.25) is 4.79 Å². The van der Waals surface area contributed by atoms with Crippen molar-refractivity contribution in [2.45, 2.75) is 32.9 Å². The molecule has 0 bridgehead atoms. The summed E-state index contributed by atoms with van der Waals surface area (Å²) in [5.41, 5.74) is 1.06. The molecule has 0 aliphatic carbocycles. The SMILES string of the molecule is C=CC(=O)N1CC[C@H](Oc2nc(Nc3ncc(C)s3)cc3c2ccn3CC)C1. The summed E-state index contributed by atoms with van der Waals surface area (Å²) in [6.07, 6.45) is 5.92. The molecular weight excluding hydrogens is 374 g/mol. The van der Waals surface area contributed by atoms with E-state index in [1.807, 2.05) is 31.5 Å². The van der Waals surface area contributed by atoms with Gasteiger partial charge in [0.1, 0.15) is 11.9 Å². The summed E-state index contributed by atoms with van der Waals surface area (Å²) in [4.78, 5) is 23.8. The first-order valence-electron chi connectivity index (χ1n) is 9.34. The molecule has 3 aromatic heterocycles. The van der Waals surface area contributed by atoms with E-state index in [9.17, 15) is 4.79 Å². The molecule has 0 saturated carbocycles. The van der Waals surface area contributed by atoms with Gasteiger partial charge in [0.05, 0.1) is 17.4 Å². The van der Waals surface area contributed by atoms with E-state index in [1.165, 1.54) is 6.08 Å². The molecule has 7 nitrogen and oxygen atoms in total. The lowest BCUT2D eigenvalue weighted by Crippen LogP contribution is -2.29. The number of fused-ring (bicyclic) bond motifs is 1. The average Bonchev–Trinajstić information content (AvgIpc) is 3.41. The maximum Gasteiger partial charge on any atom is 0.246 e. The van der Waals surface area contributed by atoms with Gasteiger partial charge in [-0.05, 0) is 26.0 Å². The number of thiazole rings is 1. The molecule has 1 aliphatic rings. The van der Waals surface area contributed by atoms with Crippen LogP contribution in [0.25, 0.3) is 10.9 Å². The predicted octanol–water partition coefficient (Wildman–Crippen LogP) is 3.73. The maximum absolute atomic E-state index is 11.8. The van der Waals surface area contributed by atoms with Gasteiger partial charge in [0.2, 0.25) is 11.8 Å². The van der Waals surface area contributed by atoms with E-state index in [1.54, 1.807) is 16.2 Å². The number of ether oxygens (including phenoxy) is 1. The summed E-state index contributed by atoms with van der Waals surface area (Å²) in [5, 5.41) is 5.05. The van der Waals surface area contributed by atoms with Crippen molar-refractivity contribution in [2.75, 3.05) is 18.4 Å². The Morgan fingerprint density at radius 2 is 2.39 bits per heavy atom. The standard InChI is InChI=1S/C20H23N5O2S/c1-4-18(26)25-8-6-14(12-25)27-19-15-7-9-24(5-2)16(15)10-17(22-19)23-20-21-11-13(3)28-20/h4,7,9-11,14H,1,5-6,8,12H2,2-3H3,(H,21,22,23)/t14-/m0/s1. The molecule has 28 heavy (non-hydrogen) atoms. The largest absolute Gasteiger partial charge is 0.472 e. The van der Waals surface area contributed by atoms with Gasteiger partial charge in [0.15, 0.2) is 5.13 Å². The first-order chi connectivity index (χ1) is 13.6. The highest BCUT2D eigenvalue weighted by atomic mass is 32.1. The molecule has 1 N–H and O–H groups in total. The lowest BCUT2D eigenvalue weighted by atomic mass is 10.3. The first kappa shape index (κ1) is 18.5. The van der Waals surface area contributed by atoms with Crippen molar-refractivity contribution in [1.29, 1.82) is 0 Å². The number of nitrogens with zero attached hydrogens (tertiary/aromatic N) is 4. The van der Waals surface area contributed by atoms with E-state index in [4.69, 9.17) is 9.72 Å². The van der Waals surface area contributed by atoms with Gasteiger partial charge in [-0.15, -0.1) is 11.3 Å². The number of carbonyl (C=O) groups is 1. The van der Waals surface area contributed by atoms with Crippen LogP contribution in [0.5, 0.6) is 5.88 Å². The van der Waals surface area contributed by atoms with Crippen LogP contribution in [0.3, 0.4) is 0 Å². The van der Waals surface area contributed by atoms with E-state index in [2.05, 4.69) is 28.4 Å². The molecule has 1 amide bonds. The summed E-state index contributed by atoms with van der Waals surface area (Å²) in [6, 6.07) is 4.05. The van der Waals surface area contributed by atoms with E-state index < -0.39 is 0 Å². The molecule has 0 aromatic carbocycles. The molecular formula is C20H23N5O2S. The number of amides is 1. The number of aromatic nitrogens is 3. The molecule has 4 rings (SSSR count). The minimum Gasteiger partial charge on any atom is -0.472 e. The third-order valence-electron chi connectivity index (χ3n) is 4.84. The number of likely N-dealkylation sites (tertiary alicyclic amines) is 1. The second-order valence-corrected chi connectivity index (χ2v) is 8.00. The van der Waals surface area contributed by atoms with E-state index in [0.717, 1.165) is 33.9 Å². The van der Waals surface area contributed by atoms with Crippen LogP contribution in [0.2, 0.25) is 0 Å². The first-order valence-corrected chi connectivity index (χ1v) is 10.2. The molecule has 1 aliphatic heterocycles. The number of pyridine rings is 1. The summed E-state index contributed by atoms with van der Waals surface area (Å²) in [5.74, 6) is 1.22. The lowest BCUT2D eigenvalue weighted by Gasteiger charge is -2.16. The number of aryl methyl sites for hydroxylation is 2. The molecule has 3 aromatic rings. The van der Waals surface area contributed by atoms with E-state index in [0.29, 0.717) is 24.8 Å². The van der Waals surface area contributed by atoms with Gasteiger partial charge in [0.25, 0.3) is 0 Å². The van der Waals surface area contributed by atoms with Crippen molar-refractivity contribution in [2.24, 2.45) is 0 Å². The normalized spacial score (nSPS) is 16.5. The number of rotatable bonds is 6. The molecule has 0 radical (unpaired) electrons. The fourth-order valence-corrected chi connectivity index (χ4v) is 4.09. The summed E-state index contributed by atoms with van der Waals surface area (Å²) >= 11 is 1.58. The van der Waals surface area contributed by atoms with Crippen molar-refractivity contribution < 1.29 is 9.53 Å². The van der Waals surface area contributed by atoms with Gasteiger partial charge in [-0.2, -0.15) is 4.98 Å². The van der Waals surface area contributed by atoms with Crippen molar-refractivity contribution >= 4 is 39.1 Å². The molecule has 1 atom stereocenters. The Bertz CT molecular complexity index is 1020. The van der Waals surface area contributed by atoms with Crippen LogP contribution in [-0.2, 0) is 11.3 Å². The Labute approximate surface area is 167 Å². The minimum absolute atomic E-state index is 0.0594. The lowest BCUT2D eigenvalue weighted by molar-refractivity contribution is -0.125. The molecule has 0 spiro atoms. The average molecular weight is 398 g/mol. The van der Waals surface area contributed by atoms with Crippen LogP contribution in [-0.4, -0.2) is 44.5 Å². The smallest absolute Gasteiger partial charge is 0.246 e. The highest BCUT2D eigenvalue weighted by Gasteiger charge is 2.27. The number of nitrogens with one attached hydrogen (secondary N) is 1. The zero-order chi connectivity index (χ0) is 19.7. The quantitative estimate of drug-likeness (QED) is 0.642. The van der Waals surface area contributed by atoms with Crippen LogP contribution in [0.1, 0.15) is 18.2 Å². The highest BCUT2D eigenvalue weighted by Crippen LogP contribution is 2.31. The Morgan fingerprint density at radius 3 is 3.11 bits per heavy atom. The van der Waals surface area contributed by atoms with Gasteiger partial charge in [-0.1, -0.05) is 6.58 Å². The number of hydrogen-bond donors (Lipinski definition) is 1. The summed E-state index contributed by atoms with van der Waals surface area (Å²) in [6.45, 7) is 9.76. The van der Waals surface area contributed by atoms with Gasteiger partial charge < -0.3 is 19.5 Å². The Kier molecular flexibility index (Phi) is 5.04. The predicted molar refractivity (Wildman–Crippen MR) is 111 cm³/mol. The summed E-state index contributed by atoms with van der Waals surface area (Å²) in [7, 11) is 0. The fraction of sp³-hybridized carbons (Fsp3) is 0.350. The Hall–Kier alpha value is -2.87. The van der Waals surface area contributed by atoms with Crippen molar-refractivity contribution in [3.63, 3.8) is 0 Å². The fourth-order valence-electron chi connectivity index (χ4n) is 3.42. The third-order valence-corrected chi connectivity index (χ3v) is 5.67. The van der Waals surface area contributed by atoms with Crippen LogP contribution < -0.4 is 10.1 Å². The van der Waals surface area contributed by atoms with Gasteiger partial charge in [0, 0.05) is 42.8 Å². The van der Waals surface area contributed by atoms with Crippen LogP contribution in [0, 0.1) is 6.92 Å². The molecule has 0 unspecified atom stereocenters. The molecule has 4 heterocycles.